The van der Waals surface area contributed by atoms with Crippen molar-refractivity contribution in [1.29, 1.82) is 0 Å². The van der Waals surface area contributed by atoms with Gasteiger partial charge in [-0.25, -0.2) is 4.98 Å². The molecule has 0 radical (unpaired) electrons. The highest BCUT2D eigenvalue weighted by Crippen LogP contribution is 2.17. The first-order valence-corrected chi connectivity index (χ1v) is 9.25. The first-order chi connectivity index (χ1) is 12.2. The SMILES string of the molecule is Cc1nccn1-c1ccc(CNC(=O)CCSc2ccccc2)cc1. The number of hydrogen-bond acceptors (Lipinski definition) is 3. The molecule has 0 atom stereocenters. The molecule has 0 aliphatic carbocycles. The van der Waals surface area contributed by atoms with Crippen LogP contribution in [0.15, 0.2) is 71.9 Å². The number of nitrogens with zero attached hydrogens (tertiary/aromatic N) is 2. The van der Waals surface area contributed by atoms with Gasteiger partial charge in [-0.3, -0.25) is 4.79 Å². The van der Waals surface area contributed by atoms with Gasteiger partial charge in [0.1, 0.15) is 5.82 Å². The Morgan fingerprint density at radius 2 is 1.88 bits per heavy atom. The highest BCUT2D eigenvalue weighted by molar-refractivity contribution is 7.99. The van der Waals surface area contributed by atoms with E-state index < -0.39 is 0 Å². The number of hydrogen-bond donors (Lipinski definition) is 1. The largest absolute Gasteiger partial charge is 0.352 e. The molecule has 5 heteroatoms. The van der Waals surface area contributed by atoms with Gasteiger partial charge >= 0.3 is 0 Å². The third kappa shape index (κ3) is 4.97. The van der Waals surface area contributed by atoms with E-state index in [0.717, 1.165) is 22.8 Å². The summed E-state index contributed by atoms with van der Waals surface area (Å²) in [5.41, 5.74) is 2.16. The Morgan fingerprint density at radius 1 is 1.12 bits per heavy atom. The van der Waals surface area contributed by atoms with Crippen LogP contribution in [0.3, 0.4) is 0 Å². The summed E-state index contributed by atoms with van der Waals surface area (Å²) in [5.74, 6) is 1.82. The lowest BCUT2D eigenvalue weighted by molar-refractivity contribution is -0.120. The number of rotatable bonds is 7. The molecule has 1 aromatic heterocycles. The molecule has 2 aromatic carbocycles. The van der Waals surface area contributed by atoms with E-state index in [0.29, 0.717) is 13.0 Å². The Morgan fingerprint density at radius 3 is 2.56 bits per heavy atom. The fourth-order valence-corrected chi connectivity index (χ4v) is 3.37. The molecule has 1 amide bonds. The maximum absolute atomic E-state index is 12.0. The first-order valence-electron chi connectivity index (χ1n) is 8.26. The molecule has 25 heavy (non-hydrogen) atoms. The number of imidazole rings is 1. The van der Waals surface area contributed by atoms with E-state index in [1.54, 1.807) is 18.0 Å². The molecule has 0 aliphatic rings. The Balaban J connectivity index is 1.43. The molecule has 1 N–H and O–H groups in total. The molecule has 0 spiro atoms. The van der Waals surface area contributed by atoms with Gasteiger partial charge in [-0.1, -0.05) is 30.3 Å². The highest BCUT2D eigenvalue weighted by atomic mass is 32.2. The predicted molar refractivity (Wildman–Crippen MR) is 102 cm³/mol. The standard InChI is InChI=1S/C20H21N3OS/c1-16-21-12-13-23(16)18-9-7-17(8-10-18)15-22-20(24)11-14-25-19-5-3-2-4-6-19/h2-10,12-13H,11,14-15H2,1H3,(H,22,24). The first kappa shape index (κ1) is 17.3. The lowest BCUT2D eigenvalue weighted by Crippen LogP contribution is -2.22. The van der Waals surface area contributed by atoms with E-state index in [9.17, 15) is 4.79 Å². The minimum Gasteiger partial charge on any atom is -0.352 e. The van der Waals surface area contributed by atoms with E-state index in [-0.39, 0.29) is 5.91 Å². The molecule has 0 fully saturated rings. The quantitative estimate of drug-likeness (QED) is 0.655. The van der Waals surface area contributed by atoms with Crippen LogP contribution in [0, 0.1) is 6.92 Å². The van der Waals surface area contributed by atoms with Crippen molar-refractivity contribution in [3.05, 3.63) is 78.4 Å². The predicted octanol–water partition coefficient (Wildman–Crippen LogP) is 3.98. The molecule has 4 nitrogen and oxygen atoms in total. The minimum atomic E-state index is 0.0814. The molecule has 128 valence electrons. The van der Waals surface area contributed by atoms with Gasteiger partial charge in [0.25, 0.3) is 0 Å². The Hall–Kier alpha value is -2.53. The highest BCUT2D eigenvalue weighted by Gasteiger charge is 2.04. The Labute approximate surface area is 152 Å². The number of thioether (sulfide) groups is 1. The number of aromatic nitrogens is 2. The van der Waals surface area contributed by atoms with Crippen molar-refractivity contribution < 1.29 is 4.79 Å². The minimum absolute atomic E-state index is 0.0814. The molecule has 0 saturated heterocycles. The van der Waals surface area contributed by atoms with Crippen LogP contribution in [-0.4, -0.2) is 21.2 Å². The maximum atomic E-state index is 12.0. The molecule has 0 aliphatic heterocycles. The van der Waals surface area contributed by atoms with Gasteiger partial charge in [0.2, 0.25) is 5.91 Å². The average molecular weight is 351 g/mol. The summed E-state index contributed by atoms with van der Waals surface area (Å²) >= 11 is 1.70. The summed E-state index contributed by atoms with van der Waals surface area (Å²) in [6, 6.07) is 18.3. The summed E-state index contributed by atoms with van der Waals surface area (Å²) in [5, 5.41) is 2.98. The van der Waals surface area contributed by atoms with Crippen molar-refractivity contribution in [3.8, 4) is 5.69 Å². The van der Waals surface area contributed by atoms with Crippen molar-refractivity contribution >= 4 is 17.7 Å². The van der Waals surface area contributed by atoms with E-state index in [4.69, 9.17) is 0 Å². The van der Waals surface area contributed by atoms with Gasteiger partial charge in [0, 0.05) is 41.7 Å². The second kappa shape index (κ2) is 8.53. The summed E-state index contributed by atoms with van der Waals surface area (Å²) in [6.45, 7) is 2.53. The number of aryl methyl sites for hydroxylation is 1. The van der Waals surface area contributed by atoms with E-state index in [1.807, 2.05) is 60.2 Å². The van der Waals surface area contributed by atoms with E-state index in [1.165, 1.54) is 4.90 Å². The maximum Gasteiger partial charge on any atom is 0.221 e. The average Bonchev–Trinajstić information content (AvgIpc) is 3.07. The molecular weight excluding hydrogens is 330 g/mol. The summed E-state index contributed by atoms with van der Waals surface area (Å²) < 4.78 is 2.03. The van der Waals surface area contributed by atoms with Gasteiger partial charge in [-0.2, -0.15) is 0 Å². The van der Waals surface area contributed by atoms with Crippen LogP contribution in [0.5, 0.6) is 0 Å². The smallest absolute Gasteiger partial charge is 0.221 e. The topological polar surface area (TPSA) is 46.9 Å². The van der Waals surface area contributed by atoms with Crippen LogP contribution in [0.2, 0.25) is 0 Å². The fourth-order valence-electron chi connectivity index (χ4n) is 2.49. The van der Waals surface area contributed by atoms with Crippen molar-refractivity contribution in [2.24, 2.45) is 0 Å². The van der Waals surface area contributed by atoms with Crippen molar-refractivity contribution in [2.45, 2.75) is 24.8 Å². The van der Waals surface area contributed by atoms with Crippen LogP contribution >= 0.6 is 11.8 Å². The third-order valence-corrected chi connectivity index (χ3v) is 4.88. The monoisotopic (exact) mass is 351 g/mol. The van der Waals surface area contributed by atoms with Crippen LogP contribution in [0.4, 0.5) is 0 Å². The van der Waals surface area contributed by atoms with Crippen molar-refractivity contribution in [1.82, 2.24) is 14.9 Å². The molecule has 3 aromatic rings. The molecule has 0 unspecified atom stereocenters. The molecular formula is C20H21N3OS. The number of benzene rings is 2. The molecule has 0 saturated carbocycles. The second-order valence-electron chi connectivity index (χ2n) is 5.70. The lowest BCUT2D eigenvalue weighted by Gasteiger charge is -2.08. The number of amides is 1. The summed E-state index contributed by atoms with van der Waals surface area (Å²) in [7, 11) is 0. The van der Waals surface area contributed by atoms with Crippen LogP contribution in [0.25, 0.3) is 5.69 Å². The second-order valence-corrected chi connectivity index (χ2v) is 6.87. The van der Waals surface area contributed by atoms with Crippen molar-refractivity contribution in [2.75, 3.05) is 5.75 Å². The van der Waals surface area contributed by atoms with Crippen LogP contribution < -0.4 is 5.32 Å². The van der Waals surface area contributed by atoms with Gasteiger partial charge in [0.15, 0.2) is 0 Å². The van der Waals surface area contributed by atoms with Crippen LogP contribution in [0.1, 0.15) is 17.8 Å². The fraction of sp³-hybridized carbons (Fsp3) is 0.200. The van der Waals surface area contributed by atoms with Gasteiger partial charge in [0.05, 0.1) is 0 Å². The summed E-state index contributed by atoms with van der Waals surface area (Å²) in [6.07, 6.45) is 4.25. The third-order valence-electron chi connectivity index (χ3n) is 3.87. The summed E-state index contributed by atoms with van der Waals surface area (Å²) in [4.78, 5) is 17.4. The van der Waals surface area contributed by atoms with E-state index >= 15 is 0 Å². The van der Waals surface area contributed by atoms with Crippen LogP contribution in [-0.2, 0) is 11.3 Å². The Bertz CT molecular complexity index is 812. The number of carbonyl (C=O) groups is 1. The number of nitrogens with one attached hydrogen (secondary N) is 1. The van der Waals surface area contributed by atoms with Gasteiger partial charge in [-0.05, 0) is 36.8 Å². The molecule has 3 rings (SSSR count). The molecule has 1 heterocycles. The zero-order valence-corrected chi connectivity index (χ0v) is 15.0. The molecule has 0 bridgehead atoms. The van der Waals surface area contributed by atoms with Crippen molar-refractivity contribution in [3.63, 3.8) is 0 Å². The normalized spacial score (nSPS) is 10.6. The zero-order valence-electron chi connectivity index (χ0n) is 14.2. The van der Waals surface area contributed by atoms with Gasteiger partial charge < -0.3 is 9.88 Å². The number of carbonyl (C=O) groups excluding carboxylic acids is 1. The lowest BCUT2D eigenvalue weighted by atomic mass is 10.2. The van der Waals surface area contributed by atoms with Gasteiger partial charge in [-0.15, -0.1) is 11.8 Å². The van der Waals surface area contributed by atoms with E-state index in [2.05, 4.69) is 22.4 Å². The Kier molecular flexibility index (Phi) is 5.90. The zero-order chi connectivity index (χ0) is 17.5.